The van der Waals surface area contributed by atoms with Crippen molar-refractivity contribution in [3.05, 3.63) is 29.3 Å². The molecule has 0 saturated carbocycles. The Kier molecular flexibility index (Phi) is 4.84. The predicted octanol–water partition coefficient (Wildman–Crippen LogP) is 2.56. The summed E-state index contributed by atoms with van der Waals surface area (Å²) in [6.07, 6.45) is 0.638. The first-order valence-corrected chi connectivity index (χ1v) is 6.89. The maximum absolute atomic E-state index is 12.2. The van der Waals surface area contributed by atoms with Gasteiger partial charge in [-0.05, 0) is 25.1 Å². The fourth-order valence-electron chi connectivity index (χ4n) is 2.14. The van der Waals surface area contributed by atoms with Crippen LogP contribution in [-0.4, -0.2) is 40.9 Å². The molecule has 1 atom stereocenters. The average molecular weight is 297 g/mol. The van der Waals surface area contributed by atoms with Crippen molar-refractivity contribution >= 4 is 23.2 Å². The number of oxime groups is 1. The van der Waals surface area contributed by atoms with Crippen molar-refractivity contribution in [3.63, 3.8) is 0 Å². The molecule has 20 heavy (non-hydrogen) atoms. The summed E-state index contributed by atoms with van der Waals surface area (Å²) in [6, 6.07) is 6.97. The minimum Gasteiger partial charge on any atom is -0.481 e. The van der Waals surface area contributed by atoms with E-state index >= 15 is 0 Å². The lowest BCUT2D eigenvalue weighted by atomic mass is 10.1. The zero-order valence-corrected chi connectivity index (χ0v) is 12.0. The van der Waals surface area contributed by atoms with Gasteiger partial charge in [0.25, 0.3) is 5.91 Å². The van der Waals surface area contributed by atoms with Crippen molar-refractivity contribution in [3.8, 4) is 5.75 Å². The Hall–Kier alpha value is -1.75. The molecular formula is C14H17ClN2O3. The second-order valence-corrected chi connectivity index (χ2v) is 5.15. The highest BCUT2D eigenvalue weighted by molar-refractivity contribution is 6.30. The lowest BCUT2D eigenvalue weighted by molar-refractivity contribution is -0.138. The number of likely N-dealkylation sites (tertiary alicyclic amines) is 1. The van der Waals surface area contributed by atoms with Gasteiger partial charge in [0.1, 0.15) is 5.75 Å². The maximum atomic E-state index is 12.2. The van der Waals surface area contributed by atoms with Crippen molar-refractivity contribution in [1.82, 2.24) is 4.90 Å². The number of hydrogen-bond acceptors (Lipinski definition) is 4. The summed E-state index contributed by atoms with van der Waals surface area (Å²) in [7, 11) is 0. The summed E-state index contributed by atoms with van der Waals surface area (Å²) in [5, 5.41) is 12.5. The lowest BCUT2D eigenvalue weighted by Crippen LogP contribution is -2.44. The molecule has 5 nitrogen and oxygen atoms in total. The predicted molar refractivity (Wildman–Crippen MR) is 76.6 cm³/mol. The number of amides is 1. The summed E-state index contributed by atoms with van der Waals surface area (Å²) >= 11 is 5.88. The van der Waals surface area contributed by atoms with Crippen LogP contribution >= 0.6 is 11.6 Å². The third kappa shape index (κ3) is 3.63. The molecule has 6 heteroatoms. The molecule has 1 N–H and O–H groups in total. The van der Waals surface area contributed by atoms with Crippen molar-refractivity contribution in [2.75, 3.05) is 13.1 Å². The highest BCUT2D eigenvalue weighted by Crippen LogP contribution is 2.19. The van der Waals surface area contributed by atoms with Crippen LogP contribution in [0.5, 0.6) is 5.75 Å². The molecule has 0 bridgehead atoms. The molecule has 1 fully saturated rings. The summed E-state index contributed by atoms with van der Waals surface area (Å²) in [4.78, 5) is 14.0. The van der Waals surface area contributed by atoms with Crippen LogP contribution in [0.15, 0.2) is 29.4 Å². The van der Waals surface area contributed by atoms with Gasteiger partial charge < -0.3 is 14.8 Å². The Bertz CT molecular complexity index is 509. The van der Waals surface area contributed by atoms with Crippen molar-refractivity contribution < 1.29 is 14.7 Å². The summed E-state index contributed by atoms with van der Waals surface area (Å²) in [5.41, 5.74) is 0.734. The monoisotopic (exact) mass is 296 g/mol. The van der Waals surface area contributed by atoms with Crippen LogP contribution in [0.1, 0.15) is 19.8 Å². The number of rotatable bonds is 3. The first-order valence-electron chi connectivity index (χ1n) is 6.51. The number of carbonyl (C=O) groups excluding carboxylic acids is 1. The quantitative estimate of drug-likeness (QED) is 0.689. The van der Waals surface area contributed by atoms with E-state index in [2.05, 4.69) is 5.16 Å². The molecule has 0 aliphatic carbocycles. The summed E-state index contributed by atoms with van der Waals surface area (Å²) < 4.78 is 5.61. The molecule has 1 amide bonds. The van der Waals surface area contributed by atoms with E-state index in [9.17, 15) is 4.79 Å². The minimum atomic E-state index is -0.568. The normalized spacial score (nSPS) is 16.7. The van der Waals surface area contributed by atoms with Gasteiger partial charge in [0, 0.05) is 31.0 Å². The molecule has 1 aliphatic rings. The zero-order valence-electron chi connectivity index (χ0n) is 11.3. The van der Waals surface area contributed by atoms with Crippen molar-refractivity contribution in [1.29, 1.82) is 0 Å². The zero-order chi connectivity index (χ0) is 14.5. The fraction of sp³-hybridized carbons (Fsp3) is 0.429. The van der Waals surface area contributed by atoms with E-state index in [1.165, 1.54) is 0 Å². The van der Waals surface area contributed by atoms with Crippen LogP contribution in [-0.2, 0) is 4.79 Å². The van der Waals surface area contributed by atoms with Gasteiger partial charge in [-0.15, -0.1) is 0 Å². The van der Waals surface area contributed by atoms with Gasteiger partial charge in [0.2, 0.25) is 0 Å². The highest BCUT2D eigenvalue weighted by atomic mass is 35.5. The van der Waals surface area contributed by atoms with Gasteiger partial charge in [-0.3, -0.25) is 4.79 Å². The van der Waals surface area contributed by atoms with Crippen LogP contribution in [0.4, 0.5) is 0 Å². The Morgan fingerprint density at radius 3 is 2.75 bits per heavy atom. The van der Waals surface area contributed by atoms with Gasteiger partial charge in [-0.1, -0.05) is 22.8 Å². The molecule has 1 unspecified atom stereocenters. The molecule has 0 aromatic heterocycles. The van der Waals surface area contributed by atoms with E-state index in [0.717, 1.165) is 5.71 Å². The van der Waals surface area contributed by atoms with E-state index < -0.39 is 6.10 Å². The Morgan fingerprint density at radius 1 is 1.45 bits per heavy atom. The van der Waals surface area contributed by atoms with E-state index in [4.69, 9.17) is 21.5 Å². The molecule has 1 heterocycles. The Labute approximate surface area is 122 Å². The second kappa shape index (κ2) is 6.61. The number of hydrogen-bond donors (Lipinski definition) is 1. The molecule has 1 aliphatic heterocycles. The van der Waals surface area contributed by atoms with Crippen molar-refractivity contribution in [2.24, 2.45) is 5.16 Å². The van der Waals surface area contributed by atoms with E-state index in [0.29, 0.717) is 36.7 Å². The van der Waals surface area contributed by atoms with Crippen molar-refractivity contribution in [2.45, 2.75) is 25.9 Å². The smallest absolute Gasteiger partial charge is 0.263 e. The number of piperidine rings is 1. The van der Waals surface area contributed by atoms with Gasteiger partial charge >= 0.3 is 0 Å². The van der Waals surface area contributed by atoms with Gasteiger partial charge in [0.15, 0.2) is 6.10 Å². The minimum absolute atomic E-state index is 0.0676. The standard InChI is InChI=1S/C14H17ClN2O3/c1-10(20-13-4-2-3-11(15)9-13)14(18)17-7-5-12(16-19)6-8-17/h2-4,9-10,19H,5-8H2,1H3. The van der Waals surface area contributed by atoms with Crippen LogP contribution in [0, 0.1) is 0 Å². The van der Waals surface area contributed by atoms with Crippen LogP contribution in [0.3, 0.4) is 0 Å². The van der Waals surface area contributed by atoms with Crippen LogP contribution in [0.25, 0.3) is 0 Å². The van der Waals surface area contributed by atoms with E-state index in [1.807, 2.05) is 0 Å². The first-order chi connectivity index (χ1) is 9.60. The number of benzene rings is 1. The van der Waals surface area contributed by atoms with Gasteiger partial charge in [-0.2, -0.15) is 0 Å². The molecule has 0 spiro atoms. The third-order valence-electron chi connectivity index (χ3n) is 3.25. The van der Waals surface area contributed by atoms with Gasteiger partial charge in [-0.25, -0.2) is 0 Å². The number of carbonyl (C=O) groups is 1. The molecule has 0 radical (unpaired) electrons. The summed E-state index contributed by atoms with van der Waals surface area (Å²) in [6.45, 7) is 2.84. The highest BCUT2D eigenvalue weighted by Gasteiger charge is 2.25. The fourth-order valence-corrected chi connectivity index (χ4v) is 2.32. The number of halogens is 1. The van der Waals surface area contributed by atoms with Gasteiger partial charge in [0.05, 0.1) is 5.71 Å². The second-order valence-electron chi connectivity index (χ2n) is 4.71. The third-order valence-corrected chi connectivity index (χ3v) is 3.49. The maximum Gasteiger partial charge on any atom is 0.263 e. The SMILES string of the molecule is CC(Oc1cccc(Cl)c1)C(=O)N1CCC(=NO)CC1. The van der Waals surface area contributed by atoms with Crippen LogP contribution in [0.2, 0.25) is 5.02 Å². The molecular weight excluding hydrogens is 280 g/mol. The van der Waals surface area contributed by atoms with E-state index in [-0.39, 0.29) is 5.91 Å². The first kappa shape index (κ1) is 14.7. The number of ether oxygens (including phenoxy) is 1. The Balaban J connectivity index is 1.92. The molecule has 2 rings (SSSR count). The molecule has 1 aromatic carbocycles. The van der Waals surface area contributed by atoms with E-state index in [1.54, 1.807) is 36.1 Å². The molecule has 1 aromatic rings. The average Bonchev–Trinajstić information content (AvgIpc) is 2.46. The summed E-state index contributed by atoms with van der Waals surface area (Å²) in [5.74, 6) is 0.509. The largest absolute Gasteiger partial charge is 0.481 e. The number of nitrogens with zero attached hydrogens (tertiary/aromatic N) is 2. The molecule has 108 valence electrons. The van der Waals surface area contributed by atoms with Crippen LogP contribution < -0.4 is 4.74 Å². The topological polar surface area (TPSA) is 62.1 Å². The Morgan fingerprint density at radius 2 is 2.15 bits per heavy atom. The molecule has 1 saturated heterocycles. The lowest BCUT2D eigenvalue weighted by Gasteiger charge is -2.29.